The Morgan fingerprint density at radius 2 is 1.66 bits per heavy atom. The minimum Gasteiger partial charge on any atom is -0.497 e. The van der Waals surface area contributed by atoms with E-state index in [0.29, 0.717) is 6.54 Å². The van der Waals surface area contributed by atoms with E-state index in [1.165, 1.54) is 11.6 Å². The maximum atomic E-state index is 12.6. The number of carbonyl (C=O) groups excluding carboxylic acids is 2. The lowest BCUT2D eigenvalue weighted by Gasteiger charge is -2.15. The van der Waals surface area contributed by atoms with Crippen LogP contribution in [0.15, 0.2) is 78.9 Å². The molecule has 3 aromatic rings. The standard InChI is InChI=1S/C29H33N3O3/c1-21(31-28(33)18-13-22-11-16-26(35-4)17-12-22)29(34)30-19-25-7-5-6-8-27(25)24-14-9-23(10-15-24)20-32(2)3/h5-18,21H,19-20H2,1-4H3,(H,30,34)(H,31,33)/b18-13+. The van der Waals surface area contributed by atoms with E-state index in [2.05, 4.69) is 45.9 Å². The highest BCUT2D eigenvalue weighted by molar-refractivity contribution is 5.95. The van der Waals surface area contributed by atoms with Gasteiger partial charge >= 0.3 is 0 Å². The molecule has 2 amide bonds. The zero-order valence-corrected chi connectivity index (χ0v) is 20.7. The molecule has 6 nitrogen and oxygen atoms in total. The molecule has 3 rings (SSSR count). The van der Waals surface area contributed by atoms with Crippen molar-refractivity contribution in [1.82, 2.24) is 15.5 Å². The Balaban J connectivity index is 1.56. The average molecular weight is 472 g/mol. The third kappa shape index (κ3) is 7.83. The van der Waals surface area contributed by atoms with Crippen LogP contribution in [0.1, 0.15) is 23.6 Å². The fourth-order valence-corrected chi connectivity index (χ4v) is 3.66. The van der Waals surface area contributed by atoms with E-state index in [1.54, 1.807) is 20.1 Å². The molecular formula is C29H33N3O3. The van der Waals surface area contributed by atoms with Crippen molar-refractivity contribution in [3.63, 3.8) is 0 Å². The van der Waals surface area contributed by atoms with Crippen molar-refractivity contribution in [2.45, 2.75) is 26.1 Å². The van der Waals surface area contributed by atoms with E-state index in [0.717, 1.165) is 34.5 Å². The first-order chi connectivity index (χ1) is 16.9. The Hall–Kier alpha value is -3.90. The molecule has 0 saturated carbocycles. The lowest BCUT2D eigenvalue weighted by molar-refractivity contribution is -0.126. The van der Waals surface area contributed by atoms with Gasteiger partial charge < -0.3 is 20.3 Å². The Morgan fingerprint density at radius 1 is 0.971 bits per heavy atom. The number of nitrogens with zero attached hydrogens (tertiary/aromatic N) is 1. The predicted molar refractivity (Wildman–Crippen MR) is 141 cm³/mol. The number of ether oxygens (including phenoxy) is 1. The molecule has 6 heteroatoms. The summed E-state index contributed by atoms with van der Waals surface area (Å²) in [5, 5.41) is 5.65. The summed E-state index contributed by atoms with van der Waals surface area (Å²) in [4.78, 5) is 27.0. The summed E-state index contributed by atoms with van der Waals surface area (Å²) in [6, 6.07) is 23.2. The largest absolute Gasteiger partial charge is 0.497 e. The first-order valence-corrected chi connectivity index (χ1v) is 11.6. The minimum absolute atomic E-state index is 0.243. The van der Waals surface area contributed by atoms with Gasteiger partial charge in [-0.3, -0.25) is 9.59 Å². The molecule has 0 aromatic heterocycles. The molecule has 182 valence electrons. The second kappa shape index (κ2) is 12.5. The van der Waals surface area contributed by atoms with Gasteiger partial charge in [0.25, 0.3) is 0 Å². The van der Waals surface area contributed by atoms with Gasteiger partial charge in [0.1, 0.15) is 11.8 Å². The molecule has 35 heavy (non-hydrogen) atoms. The number of rotatable bonds is 10. The van der Waals surface area contributed by atoms with Gasteiger partial charge in [-0.05, 0) is 67.0 Å². The van der Waals surface area contributed by atoms with Crippen molar-refractivity contribution in [2.24, 2.45) is 0 Å². The lowest BCUT2D eigenvalue weighted by Crippen LogP contribution is -2.44. The summed E-state index contributed by atoms with van der Waals surface area (Å²) < 4.78 is 5.13. The van der Waals surface area contributed by atoms with Crippen molar-refractivity contribution in [2.75, 3.05) is 21.2 Å². The molecule has 0 spiro atoms. The first kappa shape index (κ1) is 25.7. The van der Waals surface area contributed by atoms with Crippen LogP contribution in [0.5, 0.6) is 5.75 Å². The van der Waals surface area contributed by atoms with E-state index in [9.17, 15) is 9.59 Å². The van der Waals surface area contributed by atoms with Gasteiger partial charge in [-0.1, -0.05) is 60.7 Å². The molecule has 1 atom stereocenters. The van der Waals surface area contributed by atoms with Crippen molar-refractivity contribution >= 4 is 17.9 Å². The maximum Gasteiger partial charge on any atom is 0.244 e. The van der Waals surface area contributed by atoms with Crippen molar-refractivity contribution in [3.05, 3.63) is 95.6 Å². The number of benzene rings is 3. The van der Waals surface area contributed by atoms with Crippen LogP contribution in [-0.4, -0.2) is 44.0 Å². The van der Waals surface area contributed by atoms with Gasteiger partial charge in [0, 0.05) is 19.2 Å². The molecule has 0 aliphatic carbocycles. The molecule has 2 N–H and O–H groups in total. The maximum absolute atomic E-state index is 12.6. The summed E-state index contributed by atoms with van der Waals surface area (Å²) >= 11 is 0. The topological polar surface area (TPSA) is 70.7 Å². The predicted octanol–water partition coefficient (Wildman–Crippen LogP) is 4.26. The van der Waals surface area contributed by atoms with E-state index < -0.39 is 6.04 Å². The van der Waals surface area contributed by atoms with Gasteiger partial charge in [0.2, 0.25) is 11.8 Å². The Morgan fingerprint density at radius 3 is 2.31 bits per heavy atom. The highest BCUT2D eigenvalue weighted by Crippen LogP contribution is 2.24. The summed E-state index contributed by atoms with van der Waals surface area (Å²) in [5.74, 6) is 0.175. The molecule has 0 bridgehead atoms. The van der Waals surface area contributed by atoms with E-state index in [4.69, 9.17) is 4.74 Å². The van der Waals surface area contributed by atoms with Crippen molar-refractivity contribution in [3.8, 4) is 16.9 Å². The second-order valence-electron chi connectivity index (χ2n) is 8.65. The molecule has 0 aliphatic rings. The highest BCUT2D eigenvalue weighted by atomic mass is 16.5. The number of carbonyl (C=O) groups is 2. The molecule has 0 saturated heterocycles. The van der Waals surface area contributed by atoms with Gasteiger partial charge in [-0.15, -0.1) is 0 Å². The van der Waals surface area contributed by atoms with Crippen LogP contribution in [-0.2, 0) is 22.7 Å². The molecule has 0 heterocycles. The summed E-state index contributed by atoms with van der Waals surface area (Å²) in [6.45, 7) is 2.93. The lowest BCUT2D eigenvalue weighted by atomic mass is 9.98. The Labute approximate surface area is 207 Å². The smallest absolute Gasteiger partial charge is 0.244 e. The molecular weight excluding hydrogens is 438 g/mol. The Bertz CT molecular complexity index is 1150. The summed E-state index contributed by atoms with van der Waals surface area (Å²) in [7, 11) is 5.70. The van der Waals surface area contributed by atoms with Crippen molar-refractivity contribution < 1.29 is 14.3 Å². The molecule has 0 aliphatic heterocycles. The minimum atomic E-state index is -0.666. The van der Waals surface area contributed by atoms with E-state index >= 15 is 0 Å². The van der Waals surface area contributed by atoms with Crippen LogP contribution >= 0.6 is 0 Å². The van der Waals surface area contributed by atoms with Crippen LogP contribution in [0.3, 0.4) is 0 Å². The van der Waals surface area contributed by atoms with Crippen LogP contribution in [0.4, 0.5) is 0 Å². The van der Waals surface area contributed by atoms with Crippen LogP contribution in [0, 0.1) is 0 Å². The quantitative estimate of drug-likeness (QED) is 0.434. The molecule has 0 radical (unpaired) electrons. The normalized spacial score (nSPS) is 11.9. The number of methoxy groups -OCH3 is 1. The van der Waals surface area contributed by atoms with Gasteiger partial charge in [0.15, 0.2) is 0 Å². The van der Waals surface area contributed by atoms with Gasteiger partial charge in [-0.25, -0.2) is 0 Å². The van der Waals surface area contributed by atoms with Gasteiger partial charge in [0.05, 0.1) is 7.11 Å². The average Bonchev–Trinajstić information content (AvgIpc) is 2.86. The third-order valence-corrected chi connectivity index (χ3v) is 5.53. The zero-order chi connectivity index (χ0) is 25.2. The van der Waals surface area contributed by atoms with Gasteiger partial charge in [-0.2, -0.15) is 0 Å². The monoisotopic (exact) mass is 471 g/mol. The van der Waals surface area contributed by atoms with Crippen LogP contribution in [0.2, 0.25) is 0 Å². The highest BCUT2D eigenvalue weighted by Gasteiger charge is 2.15. The molecule has 3 aromatic carbocycles. The number of nitrogens with one attached hydrogen (secondary N) is 2. The van der Waals surface area contributed by atoms with E-state index in [1.807, 2.05) is 56.6 Å². The fraction of sp³-hybridized carbons (Fsp3) is 0.241. The van der Waals surface area contributed by atoms with Crippen molar-refractivity contribution in [1.29, 1.82) is 0 Å². The number of amides is 2. The third-order valence-electron chi connectivity index (χ3n) is 5.53. The summed E-state index contributed by atoms with van der Waals surface area (Å²) in [6.07, 6.45) is 3.11. The first-order valence-electron chi connectivity index (χ1n) is 11.6. The van der Waals surface area contributed by atoms with Crippen LogP contribution in [0.25, 0.3) is 17.2 Å². The fourth-order valence-electron chi connectivity index (χ4n) is 3.66. The second-order valence-corrected chi connectivity index (χ2v) is 8.65. The van der Waals surface area contributed by atoms with Crippen LogP contribution < -0.4 is 15.4 Å². The number of hydrogen-bond donors (Lipinski definition) is 2. The zero-order valence-electron chi connectivity index (χ0n) is 20.7. The number of hydrogen-bond acceptors (Lipinski definition) is 4. The summed E-state index contributed by atoms with van der Waals surface area (Å²) in [5.41, 5.74) is 5.30. The molecule has 0 fully saturated rings. The molecule has 1 unspecified atom stereocenters. The SMILES string of the molecule is COc1ccc(/C=C/C(=O)NC(C)C(=O)NCc2ccccc2-c2ccc(CN(C)C)cc2)cc1. The van der Waals surface area contributed by atoms with E-state index in [-0.39, 0.29) is 11.8 Å². The Kier molecular flexibility index (Phi) is 9.21.